The van der Waals surface area contributed by atoms with E-state index in [1.807, 2.05) is 11.0 Å². The van der Waals surface area contributed by atoms with Gasteiger partial charge in [-0.15, -0.1) is 0 Å². The number of carbonyl (C=O) groups excluding carboxylic acids is 1. The Morgan fingerprint density at radius 2 is 1.86 bits per heavy atom. The molecule has 2 saturated heterocycles. The van der Waals surface area contributed by atoms with E-state index in [9.17, 15) is 4.79 Å². The molecular weight excluding hydrogens is 260 g/mol. The summed E-state index contributed by atoms with van der Waals surface area (Å²) >= 11 is 0. The van der Waals surface area contributed by atoms with Crippen molar-refractivity contribution in [3.63, 3.8) is 0 Å². The summed E-state index contributed by atoms with van der Waals surface area (Å²) in [5.41, 5.74) is 3.52. The molecule has 0 bridgehead atoms. The van der Waals surface area contributed by atoms with Crippen molar-refractivity contribution in [1.82, 2.24) is 10.2 Å². The molecule has 1 amide bonds. The number of benzene rings is 1. The molecule has 21 heavy (non-hydrogen) atoms. The number of hydrogen-bond donors (Lipinski definition) is 1. The number of amides is 1. The SMILES string of the molecule is Cc1c(C(=O)N2CCCCC2)cccc1C1CCNCC1. The highest BCUT2D eigenvalue weighted by atomic mass is 16.2. The molecule has 2 heterocycles. The van der Waals surface area contributed by atoms with Crippen LogP contribution in [0.4, 0.5) is 0 Å². The topological polar surface area (TPSA) is 32.3 Å². The Labute approximate surface area is 127 Å². The van der Waals surface area contributed by atoms with Gasteiger partial charge in [0.25, 0.3) is 5.91 Å². The summed E-state index contributed by atoms with van der Waals surface area (Å²) in [5, 5.41) is 3.42. The van der Waals surface area contributed by atoms with Gasteiger partial charge in [0.2, 0.25) is 0 Å². The summed E-state index contributed by atoms with van der Waals surface area (Å²) in [5.74, 6) is 0.850. The van der Waals surface area contributed by atoms with Crippen LogP contribution in [0.1, 0.15) is 59.5 Å². The van der Waals surface area contributed by atoms with Gasteiger partial charge in [0.05, 0.1) is 0 Å². The second kappa shape index (κ2) is 6.61. The smallest absolute Gasteiger partial charge is 0.254 e. The van der Waals surface area contributed by atoms with Crippen LogP contribution in [0.15, 0.2) is 18.2 Å². The average molecular weight is 286 g/mol. The number of nitrogens with one attached hydrogen (secondary N) is 1. The molecule has 1 aromatic carbocycles. The van der Waals surface area contributed by atoms with Crippen LogP contribution in [0.2, 0.25) is 0 Å². The van der Waals surface area contributed by atoms with E-state index >= 15 is 0 Å². The van der Waals surface area contributed by atoms with Gasteiger partial charge in [-0.1, -0.05) is 12.1 Å². The fourth-order valence-electron chi connectivity index (χ4n) is 3.73. The number of rotatable bonds is 2. The quantitative estimate of drug-likeness (QED) is 0.906. The Bertz CT molecular complexity index is 500. The third kappa shape index (κ3) is 3.13. The second-order valence-corrected chi connectivity index (χ2v) is 6.40. The van der Waals surface area contributed by atoms with E-state index in [1.54, 1.807) is 0 Å². The molecule has 0 spiro atoms. The number of likely N-dealkylation sites (tertiary alicyclic amines) is 1. The predicted octanol–water partition coefficient (Wildman–Crippen LogP) is 3.09. The summed E-state index contributed by atoms with van der Waals surface area (Å²) in [4.78, 5) is 14.8. The van der Waals surface area contributed by atoms with Gasteiger partial charge in [-0.3, -0.25) is 4.79 Å². The van der Waals surface area contributed by atoms with Gasteiger partial charge in [-0.2, -0.15) is 0 Å². The first-order chi connectivity index (χ1) is 10.3. The number of piperidine rings is 2. The van der Waals surface area contributed by atoms with Gasteiger partial charge in [-0.25, -0.2) is 0 Å². The van der Waals surface area contributed by atoms with Gasteiger partial charge in [0.15, 0.2) is 0 Å². The van der Waals surface area contributed by atoms with E-state index in [4.69, 9.17) is 0 Å². The molecule has 114 valence electrons. The van der Waals surface area contributed by atoms with Crippen molar-refractivity contribution in [3.05, 3.63) is 34.9 Å². The molecular formula is C18H26N2O. The van der Waals surface area contributed by atoms with Crippen LogP contribution in [0, 0.1) is 6.92 Å². The maximum atomic E-state index is 12.8. The van der Waals surface area contributed by atoms with Gasteiger partial charge in [-0.05, 0) is 75.2 Å². The molecule has 2 aliphatic heterocycles. The summed E-state index contributed by atoms with van der Waals surface area (Å²) in [6.45, 7) is 6.17. The van der Waals surface area contributed by atoms with E-state index in [0.717, 1.165) is 44.6 Å². The maximum absolute atomic E-state index is 12.8. The minimum Gasteiger partial charge on any atom is -0.339 e. The van der Waals surface area contributed by atoms with E-state index in [2.05, 4.69) is 24.4 Å². The van der Waals surface area contributed by atoms with Crippen LogP contribution in [0.25, 0.3) is 0 Å². The molecule has 0 aromatic heterocycles. The second-order valence-electron chi connectivity index (χ2n) is 6.40. The molecule has 0 unspecified atom stereocenters. The van der Waals surface area contributed by atoms with E-state index in [0.29, 0.717) is 5.92 Å². The first-order valence-corrected chi connectivity index (χ1v) is 8.37. The highest BCUT2D eigenvalue weighted by Crippen LogP contribution is 2.30. The minimum absolute atomic E-state index is 0.239. The van der Waals surface area contributed by atoms with Crippen LogP contribution < -0.4 is 5.32 Å². The monoisotopic (exact) mass is 286 g/mol. The summed E-state index contributed by atoms with van der Waals surface area (Å²) in [7, 11) is 0. The lowest BCUT2D eigenvalue weighted by Gasteiger charge is -2.29. The zero-order chi connectivity index (χ0) is 14.7. The zero-order valence-electron chi connectivity index (χ0n) is 13.0. The molecule has 0 atom stereocenters. The maximum Gasteiger partial charge on any atom is 0.254 e. The van der Waals surface area contributed by atoms with Crippen LogP contribution in [0.3, 0.4) is 0 Å². The first-order valence-electron chi connectivity index (χ1n) is 8.37. The molecule has 3 heteroatoms. The Morgan fingerprint density at radius 3 is 2.57 bits per heavy atom. The lowest BCUT2D eigenvalue weighted by atomic mass is 9.85. The van der Waals surface area contributed by atoms with Crippen LogP contribution in [-0.4, -0.2) is 37.0 Å². The molecule has 3 rings (SSSR count). The van der Waals surface area contributed by atoms with Crippen molar-refractivity contribution in [1.29, 1.82) is 0 Å². The zero-order valence-corrected chi connectivity index (χ0v) is 13.0. The van der Waals surface area contributed by atoms with Gasteiger partial charge < -0.3 is 10.2 Å². The normalized spacial score (nSPS) is 20.5. The Balaban J connectivity index is 1.83. The van der Waals surface area contributed by atoms with Crippen molar-refractivity contribution in [2.45, 2.75) is 44.9 Å². The van der Waals surface area contributed by atoms with Gasteiger partial charge in [0.1, 0.15) is 0 Å². The first kappa shape index (κ1) is 14.6. The van der Waals surface area contributed by atoms with Gasteiger partial charge in [0, 0.05) is 18.7 Å². The van der Waals surface area contributed by atoms with E-state index in [-0.39, 0.29) is 5.91 Å². The highest BCUT2D eigenvalue weighted by molar-refractivity contribution is 5.96. The molecule has 2 aliphatic rings. The molecule has 0 saturated carbocycles. The van der Waals surface area contributed by atoms with Crippen LogP contribution in [0.5, 0.6) is 0 Å². The fourth-order valence-corrected chi connectivity index (χ4v) is 3.73. The summed E-state index contributed by atoms with van der Waals surface area (Å²) < 4.78 is 0. The van der Waals surface area contributed by atoms with E-state index < -0.39 is 0 Å². The Hall–Kier alpha value is -1.35. The lowest BCUT2D eigenvalue weighted by Crippen LogP contribution is -2.36. The largest absolute Gasteiger partial charge is 0.339 e. The standard InChI is InChI=1S/C18H26N2O/c1-14-16(15-8-10-19-11-9-15)6-5-7-17(14)18(21)20-12-3-2-4-13-20/h5-7,15,19H,2-4,8-13H2,1H3. The third-order valence-corrected chi connectivity index (χ3v) is 5.03. The molecule has 1 N–H and O–H groups in total. The molecule has 0 radical (unpaired) electrons. The molecule has 3 nitrogen and oxygen atoms in total. The van der Waals surface area contributed by atoms with Crippen molar-refractivity contribution in [2.75, 3.05) is 26.2 Å². The minimum atomic E-state index is 0.239. The number of carbonyl (C=O) groups is 1. The predicted molar refractivity (Wildman–Crippen MR) is 85.8 cm³/mol. The average Bonchev–Trinajstić information content (AvgIpc) is 2.56. The number of nitrogens with zero attached hydrogens (tertiary/aromatic N) is 1. The van der Waals surface area contributed by atoms with Crippen molar-refractivity contribution in [2.24, 2.45) is 0 Å². The van der Waals surface area contributed by atoms with Crippen molar-refractivity contribution >= 4 is 5.91 Å². The fraction of sp³-hybridized carbons (Fsp3) is 0.611. The highest BCUT2D eigenvalue weighted by Gasteiger charge is 2.23. The summed E-state index contributed by atoms with van der Waals surface area (Å²) in [6.07, 6.45) is 5.93. The molecule has 0 aliphatic carbocycles. The number of hydrogen-bond acceptors (Lipinski definition) is 2. The van der Waals surface area contributed by atoms with Gasteiger partial charge >= 0.3 is 0 Å². The molecule has 2 fully saturated rings. The van der Waals surface area contributed by atoms with E-state index in [1.165, 1.54) is 30.4 Å². The van der Waals surface area contributed by atoms with Crippen LogP contribution in [-0.2, 0) is 0 Å². The Morgan fingerprint density at radius 1 is 1.14 bits per heavy atom. The Kier molecular flexibility index (Phi) is 4.59. The molecule has 1 aromatic rings. The third-order valence-electron chi connectivity index (χ3n) is 5.03. The van der Waals surface area contributed by atoms with Crippen LogP contribution >= 0.6 is 0 Å². The summed E-state index contributed by atoms with van der Waals surface area (Å²) in [6, 6.07) is 6.30. The van der Waals surface area contributed by atoms with Crippen molar-refractivity contribution in [3.8, 4) is 0 Å². The van der Waals surface area contributed by atoms with Crippen molar-refractivity contribution < 1.29 is 4.79 Å². The lowest BCUT2D eigenvalue weighted by molar-refractivity contribution is 0.0723.